The summed E-state index contributed by atoms with van der Waals surface area (Å²) in [5.74, 6) is -1.79. The molecule has 188 valence electrons. The van der Waals surface area contributed by atoms with Gasteiger partial charge in [0.15, 0.2) is 11.5 Å². The number of methoxy groups -OCH3 is 1. The Bertz CT molecular complexity index is 1180. The number of rotatable bonds is 7. The van der Waals surface area contributed by atoms with Crippen molar-refractivity contribution in [1.29, 1.82) is 0 Å². The van der Waals surface area contributed by atoms with Gasteiger partial charge in [-0.2, -0.15) is 0 Å². The highest BCUT2D eigenvalue weighted by Gasteiger charge is 2.74. The minimum Gasteiger partial charge on any atom is -0.467 e. The van der Waals surface area contributed by atoms with Crippen LogP contribution < -0.4 is 0 Å². The predicted octanol–water partition coefficient (Wildman–Crippen LogP) is 2.69. The second-order valence-electron chi connectivity index (χ2n) is 9.60. The second-order valence-corrected chi connectivity index (χ2v) is 9.60. The molecule has 0 aromatic heterocycles. The number of carbonyl (C=O) groups is 3. The average Bonchev–Trinajstić information content (AvgIpc) is 3.50. The van der Waals surface area contributed by atoms with Gasteiger partial charge in [-0.1, -0.05) is 67.6 Å². The van der Waals surface area contributed by atoms with Crippen molar-refractivity contribution in [1.82, 2.24) is 14.7 Å². The van der Waals surface area contributed by atoms with Gasteiger partial charge in [0.2, 0.25) is 11.8 Å². The van der Waals surface area contributed by atoms with Gasteiger partial charge in [-0.3, -0.25) is 14.5 Å². The van der Waals surface area contributed by atoms with Crippen LogP contribution in [-0.2, 0) is 32.2 Å². The monoisotopic (exact) mass is 488 g/mol. The van der Waals surface area contributed by atoms with Crippen LogP contribution in [0.4, 0.5) is 0 Å². The summed E-state index contributed by atoms with van der Waals surface area (Å²) in [7, 11) is 1.35. The van der Waals surface area contributed by atoms with Crippen molar-refractivity contribution in [3.8, 4) is 0 Å². The Kier molecular flexibility index (Phi) is 6.28. The fraction of sp³-hybridized carbons (Fsp3) is 0.429. The van der Waals surface area contributed by atoms with Crippen LogP contribution >= 0.6 is 0 Å². The quantitative estimate of drug-likeness (QED) is 0.440. The van der Waals surface area contributed by atoms with Crippen LogP contribution in [0, 0.1) is 11.8 Å². The lowest BCUT2D eigenvalue weighted by atomic mass is 9.78. The summed E-state index contributed by atoms with van der Waals surface area (Å²) in [6.07, 6.45) is 0.331. The van der Waals surface area contributed by atoms with Gasteiger partial charge in [0.25, 0.3) is 0 Å². The van der Waals surface area contributed by atoms with Crippen LogP contribution in [0.2, 0.25) is 0 Å². The lowest BCUT2D eigenvalue weighted by molar-refractivity contribution is -0.158. The largest absolute Gasteiger partial charge is 0.467 e. The molecule has 8 heteroatoms. The molecular weight excluding hydrogens is 456 g/mol. The molecule has 3 aliphatic rings. The molecule has 36 heavy (non-hydrogen) atoms. The van der Waals surface area contributed by atoms with Gasteiger partial charge in [-0.15, -0.1) is 0 Å². The normalized spacial score (nSPS) is 28.1. The average molecular weight is 489 g/mol. The van der Waals surface area contributed by atoms with E-state index >= 15 is 0 Å². The third-order valence-corrected chi connectivity index (χ3v) is 7.93. The SMILES string of the molecule is CCN1C[C@@H]2[C@@H]3C(=O)N(Cc4ccccc4)C(=O)[C@@H]3[C@](CC)(C(=O)OC)N2C1=NCc1ccccc1. The molecule has 3 heterocycles. The van der Waals surface area contributed by atoms with Crippen molar-refractivity contribution in [3.05, 3.63) is 71.8 Å². The van der Waals surface area contributed by atoms with Crippen molar-refractivity contribution in [2.45, 2.75) is 44.9 Å². The van der Waals surface area contributed by atoms with Gasteiger partial charge in [-0.25, -0.2) is 9.79 Å². The molecule has 0 bridgehead atoms. The number of ether oxygens (including phenoxy) is 1. The van der Waals surface area contributed by atoms with Crippen molar-refractivity contribution in [2.75, 3.05) is 20.2 Å². The molecule has 5 rings (SSSR count). The summed E-state index contributed by atoms with van der Waals surface area (Å²) >= 11 is 0. The number of imide groups is 1. The lowest BCUT2D eigenvalue weighted by Crippen LogP contribution is -2.60. The summed E-state index contributed by atoms with van der Waals surface area (Å²) in [6.45, 7) is 5.76. The molecule has 3 saturated heterocycles. The highest BCUT2D eigenvalue weighted by atomic mass is 16.5. The maximum Gasteiger partial charge on any atom is 0.332 e. The Morgan fingerprint density at radius 2 is 1.64 bits per heavy atom. The van der Waals surface area contributed by atoms with Crippen molar-refractivity contribution < 1.29 is 19.1 Å². The number of hydrogen-bond acceptors (Lipinski definition) is 5. The van der Waals surface area contributed by atoms with Crippen LogP contribution in [0.15, 0.2) is 65.7 Å². The number of hydrogen-bond donors (Lipinski definition) is 0. The van der Waals surface area contributed by atoms with E-state index in [0.717, 1.165) is 11.1 Å². The van der Waals surface area contributed by atoms with Crippen LogP contribution in [0.3, 0.4) is 0 Å². The van der Waals surface area contributed by atoms with E-state index in [2.05, 4.69) is 4.90 Å². The Morgan fingerprint density at radius 1 is 1.00 bits per heavy atom. The van der Waals surface area contributed by atoms with E-state index in [1.54, 1.807) is 0 Å². The smallest absolute Gasteiger partial charge is 0.332 e. The highest BCUT2D eigenvalue weighted by Crippen LogP contribution is 2.53. The first-order valence-electron chi connectivity index (χ1n) is 12.6. The number of aliphatic imine (C=N–C) groups is 1. The summed E-state index contributed by atoms with van der Waals surface area (Å²) < 4.78 is 5.33. The Balaban J connectivity index is 1.57. The highest BCUT2D eigenvalue weighted by molar-refractivity contribution is 6.11. The molecular formula is C28H32N4O4. The maximum atomic E-state index is 13.9. The Labute approximate surface area is 211 Å². The molecule has 8 nitrogen and oxygen atoms in total. The number of likely N-dealkylation sites (tertiary alicyclic amines) is 1. The van der Waals surface area contributed by atoms with E-state index in [1.165, 1.54) is 12.0 Å². The third kappa shape index (κ3) is 3.50. The van der Waals surface area contributed by atoms with Crippen LogP contribution in [0.5, 0.6) is 0 Å². The topological polar surface area (TPSA) is 82.5 Å². The first kappa shape index (κ1) is 24.0. The molecule has 3 aliphatic heterocycles. The second kappa shape index (κ2) is 9.41. The first-order chi connectivity index (χ1) is 17.5. The molecule has 0 aliphatic carbocycles. The Morgan fingerprint density at radius 3 is 2.22 bits per heavy atom. The van der Waals surface area contributed by atoms with Crippen LogP contribution in [0.25, 0.3) is 0 Å². The molecule has 0 unspecified atom stereocenters. The van der Waals surface area contributed by atoms with Crippen LogP contribution in [-0.4, -0.2) is 70.2 Å². The van der Waals surface area contributed by atoms with E-state index in [1.807, 2.05) is 79.4 Å². The van der Waals surface area contributed by atoms with Crippen LogP contribution in [0.1, 0.15) is 31.4 Å². The number of benzene rings is 2. The summed E-state index contributed by atoms with van der Waals surface area (Å²) in [5.41, 5.74) is 0.634. The van der Waals surface area contributed by atoms with Gasteiger partial charge < -0.3 is 14.5 Å². The van der Waals surface area contributed by atoms with E-state index in [4.69, 9.17) is 9.73 Å². The standard InChI is InChI=1S/C28H32N4O4/c1-4-28(26(35)36-3)23-22(24(33)31(25(23)34)17-20-14-10-7-11-15-20)21-18-30(5-2)27(32(21)28)29-16-19-12-8-6-9-13-19/h6-15,21-23H,4-5,16-18H2,1-3H3/t21-,22+,23-,28-/m1/s1. The summed E-state index contributed by atoms with van der Waals surface area (Å²) in [5, 5.41) is 0. The fourth-order valence-electron chi connectivity index (χ4n) is 6.28. The van der Waals surface area contributed by atoms with Gasteiger partial charge >= 0.3 is 5.97 Å². The third-order valence-electron chi connectivity index (χ3n) is 7.93. The number of esters is 1. The summed E-state index contributed by atoms with van der Waals surface area (Å²) in [4.78, 5) is 51.6. The zero-order valence-electron chi connectivity index (χ0n) is 21.0. The molecule has 3 fully saturated rings. The number of likely N-dealkylation sites (N-methyl/N-ethyl adjacent to an activating group) is 1. The number of carbonyl (C=O) groups excluding carboxylic acids is 3. The molecule has 4 atom stereocenters. The van der Waals surface area contributed by atoms with Gasteiger partial charge in [0.1, 0.15) is 0 Å². The number of amides is 2. The molecule has 0 N–H and O–H groups in total. The first-order valence-corrected chi connectivity index (χ1v) is 12.6. The molecule has 2 aromatic rings. The zero-order chi connectivity index (χ0) is 25.4. The minimum atomic E-state index is -1.29. The number of guanidine groups is 1. The maximum absolute atomic E-state index is 13.9. The predicted molar refractivity (Wildman–Crippen MR) is 134 cm³/mol. The lowest BCUT2D eigenvalue weighted by Gasteiger charge is -2.39. The molecule has 0 radical (unpaired) electrons. The minimum absolute atomic E-state index is 0.200. The number of fused-ring (bicyclic) bond motifs is 3. The zero-order valence-corrected chi connectivity index (χ0v) is 21.0. The number of nitrogens with zero attached hydrogens (tertiary/aromatic N) is 4. The van der Waals surface area contributed by atoms with E-state index in [0.29, 0.717) is 32.0 Å². The molecule has 2 aromatic carbocycles. The van der Waals surface area contributed by atoms with Gasteiger partial charge in [0, 0.05) is 13.1 Å². The van der Waals surface area contributed by atoms with E-state index < -0.39 is 23.3 Å². The fourth-order valence-corrected chi connectivity index (χ4v) is 6.28. The Hall–Kier alpha value is -3.68. The van der Waals surface area contributed by atoms with Gasteiger partial charge in [-0.05, 0) is 24.5 Å². The van der Waals surface area contributed by atoms with Crippen molar-refractivity contribution in [3.63, 3.8) is 0 Å². The van der Waals surface area contributed by atoms with Crippen molar-refractivity contribution >= 4 is 23.7 Å². The molecule has 2 amide bonds. The van der Waals surface area contributed by atoms with Gasteiger partial charge in [0.05, 0.1) is 38.1 Å². The van der Waals surface area contributed by atoms with E-state index in [9.17, 15) is 14.4 Å². The van der Waals surface area contributed by atoms with Crippen molar-refractivity contribution in [2.24, 2.45) is 16.8 Å². The molecule has 0 saturated carbocycles. The molecule has 0 spiro atoms. The van der Waals surface area contributed by atoms with E-state index in [-0.39, 0.29) is 24.4 Å². The summed E-state index contributed by atoms with van der Waals surface area (Å²) in [6, 6.07) is 19.0.